The van der Waals surface area contributed by atoms with Crippen LogP contribution in [0.25, 0.3) is 0 Å². The lowest BCUT2D eigenvalue weighted by molar-refractivity contribution is -0.120. The molecule has 0 heterocycles. The van der Waals surface area contributed by atoms with Crippen LogP contribution in [0.1, 0.15) is 12.0 Å². The van der Waals surface area contributed by atoms with Gasteiger partial charge in [-0.2, -0.15) is 0 Å². The van der Waals surface area contributed by atoms with E-state index < -0.39 is 0 Å². The van der Waals surface area contributed by atoms with Gasteiger partial charge < -0.3 is 15.4 Å². The summed E-state index contributed by atoms with van der Waals surface area (Å²) in [6, 6.07) is 7.85. The summed E-state index contributed by atoms with van der Waals surface area (Å²) in [5.41, 5.74) is 1.11. The van der Waals surface area contributed by atoms with Crippen LogP contribution >= 0.6 is 0 Å². The van der Waals surface area contributed by atoms with E-state index in [0.29, 0.717) is 19.5 Å². The summed E-state index contributed by atoms with van der Waals surface area (Å²) in [5, 5.41) is 5.99. The molecule has 0 bridgehead atoms. The van der Waals surface area contributed by atoms with Crippen LogP contribution in [0.4, 0.5) is 0 Å². The van der Waals surface area contributed by atoms with Crippen LogP contribution in [0.2, 0.25) is 0 Å². The Labute approximate surface area is 114 Å². The second-order valence-corrected chi connectivity index (χ2v) is 4.15. The molecule has 1 rings (SSSR count). The van der Waals surface area contributed by atoms with Crippen molar-refractivity contribution in [1.82, 2.24) is 10.6 Å². The number of nitrogens with one attached hydrogen (secondary N) is 2. The third-order valence-corrected chi connectivity index (χ3v) is 2.73. The van der Waals surface area contributed by atoms with E-state index in [0.717, 1.165) is 24.3 Å². The van der Waals surface area contributed by atoms with Crippen LogP contribution in [-0.4, -0.2) is 32.7 Å². The van der Waals surface area contributed by atoms with Crippen molar-refractivity contribution in [3.8, 4) is 5.75 Å². The lowest BCUT2D eigenvalue weighted by atomic mass is 10.1. The van der Waals surface area contributed by atoms with Crippen molar-refractivity contribution in [3.05, 3.63) is 42.5 Å². The quantitative estimate of drug-likeness (QED) is 0.524. The molecular formula is C15H22N2O2. The molecule has 4 nitrogen and oxygen atoms in total. The number of hydrogen-bond donors (Lipinski definition) is 2. The number of benzene rings is 1. The molecule has 104 valence electrons. The predicted molar refractivity (Wildman–Crippen MR) is 77.4 cm³/mol. The third kappa shape index (κ3) is 6.06. The number of ether oxygens (including phenoxy) is 1. The van der Waals surface area contributed by atoms with Crippen molar-refractivity contribution in [2.45, 2.75) is 12.8 Å². The molecule has 1 amide bonds. The minimum atomic E-state index is 0.0615. The minimum Gasteiger partial charge on any atom is -0.496 e. The van der Waals surface area contributed by atoms with E-state index in [4.69, 9.17) is 4.74 Å². The molecular weight excluding hydrogens is 240 g/mol. The maximum Gasteiger partial charge on any atom is 0.221 e. The summed E-state index contributed by atoms with van der Waals surface area (Å²) >= 11 is 0. The zero-order chi connectivity index (χ0) is 13.9. The molecule has 0 unspecified atom stereocenters. The first-order chi connectivity index (χ1) is 9.27. The summed E-state index contributed by atoms with van der Waals surface area (Å²) < 4.78 is 5.26. The SMILES string of the molecule is C=CCNCCC(=O)NCCc1ccccc1OC. The Morgan fingerprint density at radius 2 is 2.16 bits per heavy atom. The highest BCUT2D eigenvalue weighted by Crippen LogP contribution is 2.17. The molecule has 0 radical (unpaired) electrons. The van der Waals surface area contributed by atoms with Crippen molar-refractivity contribution in [2.75, 3.05) is 26.7 Å². The first kappa shape index (κ1) is 15.2. The van der Waals surface area contributed by atoms with Gasteiger partial charge in [0.05, 0.1) is 7.11 Å². The van der Waals surface area contributed by atoms with Gasteiger partial charge in [-0.15, -0.1) is 6.58 Å². The maximum atomic E-state index is 11.5. The molecule has 1 aromatic rings. The van der Waals surface area contributed by atoms with Gasteiger partial charge in [0, 0.05) is 26.1 Å². The molecule has 0 saturated carbocycles. The van der Waals surface area contributed by atoms with Gasteiger partial charge in [-0.1, -0.05) is 24.3 Å². The Morgan fingerprint density at radius 1 is 1.37 bits per heavy atom. The predicted octanol–water partition coefficient (Wildman–Crippen LogP) is 1.52. The summed E-state index contributed by atoms with van der Waals surface area (Å²) in [6.07, 6.45) is 3.04. The Bertz CT molecular complexity index is 405. The standard InChI is InChI=1S/C15H22N2O2/c1-3-10-16-11-9-15(18)17-12-8-13-6-4-5-7-14(13)19-2/h3-7,16H,1,8-12H2,2H3,(H,17,18). The van der Waals surface area contributed by atoms with Gasteiger partial charge in [-0.25, -0.2) is 0 Å². The van der Waals surface area contributed by atoms with E-state index in [9.17, 15) is 4.79 Å². The maximum absolute atomic E-state index is 11.5. The summed E-state index contributed by atoms with van der Waals surface area (Å²) in [4.78, 5) is 11.5. The van der Waals surface area contributed by atoms with Crippen LogP contribution in [0, 0.1) is 0 Å². The highest BCUT2D eigenvalue weighted by atomic mass is 16.5. The zero-order valence-electron chi connectivity index (χ0n) is 11.4. The fraction of sp³-hybridized carbons (Fsp3) is 0.400. The summed E-state index contributed by atoms with van der Waals surface area (Å²) in [6.45, 7) is 5.63. The van der Waals surface area contributed by atoms with Crippen LogP contribution in [0.3, 0.4) is 0 Å². The monoisotopic (exact) mass is 262 g/mol. The highest BCUT2D eigenvalue weighted by molar-refractivity contribution is 5.76. The average Bonchev–Trinajstić information content (AvgIpc) is 2.44. The Hall–Kier alpha value is -1.81. The second-order valence-electron chi connectivity index (χ2n) is 4.15. The first-order valence-electron chi connectivity index (χ1n) is 6.48. The van der Waals surface area contributed by atoms with Crippen molar-refractivity contribution < 1.29 is 9.53 Å². The van der Waals surface area contributed by atoms with Gasteiger partial charge in [0.1, 0.15) is 5.75 Å². The largest absolute Gasteiger partial charge is 0.496 e. The van der Waals surface area contributed by atoms with E-state index in [2.05, 4.69) is 17.2 Å². The number of para-hydroxylation sites is 1. The molecule has 2 N–H and O–H groups in total. The molecule has 0 atom stereocenters. The van der Waals surface area contributed by atoms with Gasteiger partial charge in [-0.05, 0) is 18.1 Å². The Balaban J connectivity index is 2.22. The molecule has 0 aromatic heterocycles. The Kier molecular flexibility index (Phi) is 7.35. The molecule has 0 fully saturated rings. The summed E-state index contributed by atoms with van der Waals surface area (Å²) in [5.74, 6) is 0.927. The van der Waals surface area contributed by atoms with Crippen molar-refractivity contribution in [2.24, 2.45) is 0 Å². The van der Waals surface area contributed by atoms with Gasteiger partial charge in [-0.3, -0.25) is 4.79 Å². The van der Waals surface area contributed by atoms with E-state index in [1.807, 2.05) is 24.3 Å². The van der Waals surface area contributed by atoms with Gasteiger partial charge in [0.2, 0.25) is 5.91 Å². The van der Waals surface area contributed by atoms with E-state index in [1.165, 1.54) is 0 Å². The number of amides is 1. The first-order valence-corrected chi connectivity index (χ1v) is 6.48. The molecule has 19 heavy (non-hydrogen) atoms. The second kappa shape index (κ2) is 9.16. The van der Waals surface area contributed by atoms with Crippen LogP contribution in [-0.2, 0) is 11.2 Å². The molecule has 0 spiro atoms. The molecule has 1 aromatic carbocycles. The molecule has 4 heteroatoms. The van der Waals surface area contributed by atoms with Crippen molar-refractivity contribution in [1.29, 1.82) is 0 Å². The number of rotatable bonds is 9. The van der Waals surface area contributed by atoms with Gasteiger partial charge >= 0.3 is 0 Å². The van der Waals surface area contributed by atoms with Crippen molar-refractivity contribution >= 4 is 5.91 Å². The zero-order valence-corrected chi connectivity index (χ0v) is 11.4. The number of carbonyl (C=O) groups is 1. The lowest BCUT2D eigenvalue weighted by Gasteiger charge is -2.09. The number of methoxy groups -OCH3 is 1. The molecule has 0 aliphatic rings. The van der Waals surface area contributed by atoms with Gasteiger partial charge in [0.15, 0.2) is 0 Å². The number of hydrogen-bond acceptors (Lipinski definition) is 3. The Morgan fingerprint density at radius 3 is 2.89 bits per heavy atom. The molecule has 0 saturated heterocycles. The molecule has 0 aliphatic heterocycles. The fourth-order valence-electron chi connectivity index (χ4n) is 1.74. The highest BCUT2D eigenvalue weighted by Gasteiger charge is 2.03. The van der Waals surface area contributed by atoms with Crippen LogP contribution < -0.4 is 15.4 Å². The smallest absolute Gasteiger partial charge is 0.221 e. The van der Waals surface area contributed by atoms with E-state index >= 15 is 0 Å². The van der Waals surface area contributed by atoms with Crippen LogP contribution in [0.15, 0.2) is 36.9 Å². The topological polar surface area (TPSA) is 50.4 Å². The molecule has 0 aliphatic carbocycles. The van der Waals surface area contributed by atoms with Crippen LogP contribution in [0.5, 0.6) is 5.75 Å². The summed E-state index contributed by atoms with van der Waals surface area (Å²) in [7, 11) is 1.66. The fourth-order valence-corrected chi connectivity index (χ4v) is 1.74. The van der Waals surface area contributed by atoms with E-state index in [1.54, 1.807) is 13.2 Å². The third-order valence-electron chi connectivity index (χ3n) is 2.73. The lowest BCUT2D eigenvalue weighted by Crippen LogP contribution is -2.29. The van der Waals surface area contributed by atoms with E-state index in [-0.39, 0.29) is 5.91 Å². The average molecular weight is 262 g/mol. The minimum absolute atomic E-state index is 0.0615. The normalized spacial score (nSPS) is 9.95. The number of carbonyl (C=O) groups excluding carboxylic acids is 1. The van der Waals surface area contributed by atoms with Crippen molar-refractivity contribution in [3.63, 3.8) is 0 Å². The van der Waals surface area contributed by atoms with Gasteiger partial charge in [0.25, 0.3) is 0 Å².